The van der Waals surface area contributed by atoms with E-state index in [4.69, 9.17) is 15.0 Å². The Bertz CT molecular complexity index is 2950. The lowest BCUT2D eigenvalue weighted by atomic mass is 9.67. The van der Waals surface area contributed by atoms with Crippen LogP contribution in [0.2, 0.25) is 0 Å². The van der Waals surface area contributed by atoms with Crippen LogP contribution in [0.4, 0.5) is 0 Å². The molecule has 4 heteroatoms. The van der Waals surface area contributed by atoms with Crippen molar-refractivity contribution in [1.29, 1.82) is 0 Å². The van der Waals surface area contributed by atoms with Crippen LogP contribution in [-0.2, 0) is 5.41 Å². The summed E-state index contributed by atoms with van der Waals surface area (Å²) < 4.78 is 2.23. The third-order valence-corrected chi connectivity index (χ3v) is 11.3. The maximum atomic E-state index is 5.22. The summed E-state index contributed by atoms with van der Waals surface area (Å²) in [6, 6.07) is 73.6. The van der Waals surface area contributed by atoms with E-state index < -0.39 is 5.41 Å². The first-order valence-electron chi connectivity index (χ1n) is 19.0. The van der Waals surface area contributed by atoms with Crippen molar-refractivity contribution < 1.29 is 0 Å². The molecule has 1 aliphatic carbocycles. The average molecular weight is 715 g/mol. The standard InChI is InChI=1S/C52H34N4/c1-6-18-35(19-7-1)38-30-31-41-43-34-48-44(33-46(43)52(45(41)32-38,39-24-12-4-13-25-39)40-26-14-5-15-27-40)42-28-16-17-29-47(42)56(48)51-54-49(36-20-8-2-9-21-36)53-50(55-51)37-22-10-3-11-23-37/h1-34H. The zero-order chi connectivity index (χ0) is 37.1. The van der Waals surface area contributed by atoms with E-state index >= 15 is 0 Å². The molecule has 56 heavy (non-hydrogen) atoms. The minimum Gasteiger partial charge on any atom is -0.278 e. The second-order valence-corrected chi connectivity index (χ2v) is 14.4. The summed E-state index contributed by atoms with van der Waals surface area (Å²) in [5.74, 6) is 1.85. The van der Waals surface area contributed by atoms with Gasteiger partial charge in [0, 0.05) is 21.9 Å². The first kappa shape index (κ1) is 32.0. The van der Waals surface area contributed by atoms with E-state index in [9.17, 15) is 0 Å². The monoisotopic (exact) mass is 714 g/mol. The topological polar surface area (TPSA) is 43.6 Å². The largest absolute Gasteiger partial charge is 0.278 e. The molecule has 0 atom stereocenters. The van der Waals surface area contributed by atoms with E-state index in [2.05, 4.69) is 174 Å². The summed E-state index contributed by atoms with van der Waals surface area (Å²) in [5, 5.41) is 2.29. The predicted octanol–water partition coefficient (Wildman–Crippen LogP) is 12.3. The van der Waals surface area contributed by atoms with Crippen LogP contribution in [0.1, 0.15) is 22.3 Å². The molecular formula is C52H34N4. The van der Waals surface area contributed by atoms with Gasteiger partial charge in [-0.05, 0) is 68.8 Å². The van der Waals surface area contributed by atoms with Crippen LogP contribution in [0.15, 0.2) is 206 Å². The Morgan fingerprint density at radius 3 is 1.43 bits per heavy atom. The molecule has 11 rings (SSSR count). The average Bonchev–Trinajstić information content (AvgIpc) is 3.76. The van der Waals surface area contributed by atoms with Gasteiger partial charge >= 0.3 is 0 Å². The molecule has 0 fully saturated rings. The van der Waals surface area contributed by atoms with Gasteiger partial charge in [-0.2, -0.15) is 9.97 Å². The van der Waals surface area contributed by atoms with Crippen LogP contribution in [0.5, 0.6) is 0 Å². The lowest BCUT2D eigenvalue weighted by Gasteiger charge is -2.34. The maximum absolute atomic E-state index is 5.22. The van der Waals surface area contributed by atoms with Gasteiger partial charge < -0.3 is 0 Å². The lowest BCUT2D eigenvalue weighted by Crippen LogP contribution is -2.28. The number of aromatic nitrogens is 4. The van der Waals surface area contributed by atoms with Crippen molar-refractivity contribution in [1.82, 2.24) is 19.5 Å². The summed E-state index contributed by atoms with van der Waals surface area (Å²) in [4.78, 5) is 15.5. The van der Waals surface area contributed by atoms with Crippen LogP contribution < -0.4 is 0 Å². The predicted molar refractivity (Wildman–Crippen MR) is 228 cm³/mol. The zero-order valence-corrected chi connectivity index (χ0v) is 30.4. The summed E-state index contributed by atoms with van der Waals surface area (Å²) in [6.07, 6.45) is 0. The number of rotatable bonds is 6. The van der Waals surface area contributed by atoms with Gasteiger partial charge in [-0.3, -0.25) is 4.57 Å². The molecule has 0 saturated carbocycles. The quantitative estimate of drug-likeness (QED) is 0.172. The molecule has 0 radical (unpaired) electrons. The molecule has 0 aliphatic heterocycles. The minimum atomic E-state index is -0.566. The summed E-state index contributed by atoms with van der Waals surface area (Å²) in [7, 11) is 0. The Kier molecular flexibility index (Phi) is 7.36. The van der Waals surface area contributed by atoms with Gasteiger partial charge in [0.05, 0.1) is 16.4 Å². The van der Waals surface area contributed by atoms with Gasteiger partial charge in [-0.25, -0.2) is 4.98 Å². The smallest absolute Gasteiger partial charge is 0.238 e. The molecular weight excluding hydrogens is 681 g/mol. The molecule has 0 amide bonds. The molecule has 0 unspecified atom stereocenters. The Morgan fingerprint density at radius 1 is 0.339 bits per heavy atom. The van der Waals surface area contributed by atoms with Crippen molar-refractivity contribution in [3.05, 3.63) is 229 Å². The van der Waals surface area contributed by atoms with Gasteiger partial charge in [0.1, 0.15) is 0 Å². The van der Waals surface area contributed by atoms with Crippen molar-refractivity contribution >= 4 is 21.8 Å². The third-order valence-electron chi connectivity index (χ3n) is 11.3. The number of para-hydroxylation sites is 1. The Balaban J connectivity index is 1.25. The van der Waals surface area contributed by atoms with Crippen molar-refractivity contribution in [2.75, 3.05) is 0 Å². The summed E-state index contributed by atoms with van der Waals surface area (Å²) >= 11 is 0. The van der Waals surface area contributed by atoms with Crippen molar-refractivity contribution in [3.8, 4) is 51.0 Å². The van der Waals surface area contributed by atoms with E-state index in [-0.39, 0.29) is 0 Å². The fraction of sp³-hybridized carbons (Fsp3) is 0.0192. The highest BCUT2D eigenvalue weighted by atomic mass is 15.2. The fourth-order valence-electron chi connectivity index (χ4n) is 8.87. The number of hydrogen-bond donors (Lipinski definition) is 0. The molecule has 0 N–H and O–H groups in total. The van der Waals surface area contributed by atoms with E-state index in [1.165, 1.54) is 44.5 Å². The van der Waals surface area contributed by atoms with Gasteiger partial charge in [-0.15, -0.1) is 0 Å². The van der Waals surface area contributed by atoms with Crippen LogP contribution in [0.3, 0.4) is 0 Å². The van der Waals surface area contributed by atoms with E-state index in [1.807, 2.05) is 36.4 Å². The van der Waals surface area contributed by atoms with Gasteiger partial charge in [0.15, 0.2) is 11.6 Å². The van der Waals surface area contributed by atoms with Crippen LogP contribution in [0, 0.1) is 0 Å². The fourth-order valence-corrected chi connectivity index (χ4v) is 8.87. The first-order valence-corrected chi connectivity index (χ1v) is 19.0. The molecule has 0 spiro atoms. The highest BCUT2D eigenvalue weighted by Crippen LogP contribution is 2.58. The van der Waals surface area contributed by atoms with Crippen LogP contribution in [-0.4, -0.2) is 19.5 Å². The zero-order valence-electron chi connectivity index (χ0n) is 30.4. The van der Waals surface area contributed by atoms with Crippen molar-refractivity contribution in [2.45, 2.75) is 5.41 Å². The van der Waals surface area contributed by atoms with E-state index in [0.29, 0.717) is 17.6 Å². The van der Waals surface area contributed by atoms with Crippen molar-refractivity contribution in [2.24, 2.45) is 0 Å². The number of hydrogen-bond acceptors (Lipinski definition) is 3. The molecule has 8 aromatic carbocycles. The molecule has 1 aliphatic rings. The number of benzene rings is 8. The molecule has 2 aromatic heterocycles. The Labute approximate surface area is 325 Å². The highest BCUT2D eigenvalue weighted by Gasteiger charge is 2.46. The molecule has 10 aromatic rings. The molecule has 0 saturated heterocycles. The third kappa shape index (κ3) is 4.89. The SMILES string of the molecule is c1ccc(-c2ccc3c(c2)C(c2ccccc2)(c2ccccc2)c2cc4c5ccccc5n(-c5nc(-c6ccccc6)nc(-c6ccccc6)n5)c4cc2-3)cc1. The van der Waals surface area contributed by atoms with E-state index in [0.717, 1.165) is 32.9 Å². The van der Waals surface area contributed by atoms with Crippen LogP contribution >= 0.6 is 0 Å². The number of nitrogens with zero attached hydrogens (tertiary/aromatic N) is 4. The summed E-state index contributed by atoms with van der Waals surface area (Å²) in [6.45, 7) is 0. The van der Waals surface area contributed by atoms with Gasteiger partial charge in [0.2, 0.25) is 5.95 Å². The van der Waals surface area contributed by atoms with E-state index in [1.54, 1.807) is 0 Å². The number of fused-ring (bicyclic) bond motifs is 6. The first-order chi connectivity index (χ1) is 27.8. The lowest BCUT2D eigenvalue weighted by molar-refractivity contribution is 0.770. The van der Waals surface area contributed by atoms with Gasteiger partial charge in [-0.1, -0.05) is 182 Å². The van der Waals surface area contributed by atoms with Crippen LogP contribution in [0.25, 0.3) is 72.8 Å². The second kappa shape index (κ2) is 12.9. The maximum Gasteiger partial charge on any atom is 0.238 e. The van der Waals surface area contributed by atoms with Crippen molar-refractivity contribution in [3.63, 3.8) is 0 Å². The highest BCUT2D eigenvalue weighted by molar-refractivity contribution is 6.11. The normalized spacial score (nSPS) is 12.8. The molecule has 0 bridgehead atoms. The molecule has 2 heterocycles. The van der Waals surface area contributed by atoms with Gasteiger partial charge in [0.25, 0.3) is 0 Å². The Morgan fingerprint density at radius 2 is 0.839 bits per heavy atom. The molecule has 4 nitrogen and oxygen atoms in total. The minimum absolute atomic E-state index is 0.566. The second-order valence-electron chi connectivity index (χ2n) is 14.4. The Hall–Kier alpha value is -7.43. The molecule has 262 valence electrons. The summed E-state index contributed by atoms with van der Waals surface area (Å²) in [5.41, 5.74) is 13.2.